The van der Waals surface area contributed by atoms with Gasteiger partial charge in [-0.3, -0.25) is 0 Å². The molecule has 1 aromatic heterocycles. The van der Waals surface area contributed by atoms with Crippen LogP contribution in [0.3, 0.4) is 0 Å². The molecule has 31 heavy (non-hydrogen) atoms. The van der Waals surface area contributed by atoms with Gasteiger partial charge >= 0.3 is 6.03 Å². The first-order valence-corrected chi connectivity index (χ1v) is 11.0. The highest BCUT2D eigenvalue weighted by molar-refractivity contribution is 5.79. The van der Waals surface area contributed by atoms with E-state index in [4.69, 9.17) is 5.41 Å². The summed E-state index contributed by atoms with van der Waals surface area (Å²) in [6, 6.07) is 2.68. The van der Waals surface area contributed by atoms with Gasteiger partial charge in [-0.15, -0.1) is 0 Å². The number of likely N-dealkylation sites (tertiary alicyclic amines) is 1. The number of aliphatic hydroxyl groups excluding tert-OH is 1. The van der Waals surface area contributed by atoms with Crippen molar-refractivity contribution in [1.82, 2.24) is 25.5 Å². The van der Waals surface area contributed by atoms with Crippen molar-refractivity contribution in [2.75, 3.05) is 30.3 Å². The molecule has 1 saturated heterocycles. The van der Waals surface area contributed by atoms with E-state index in [0.717, 1.165) is 44.6 Å². The van der Waals surface area contributed by atoms with Gasteiger partial charge in [-0.25, -0.2) is 9.78 Å². The van der Waals surface area contributed by atoms with Gasteiger partial charge in [0.05, 0.1) is 11.8 Å². The smallest absolute Gasteiger partial charge is 0.317 e. The quantitative estimate of drug-likeness (QED) is 0.326. The number of nitrogens with one attached hydrogen (secondary N) is 5. The summed E-state index contributed by atoms with van der Waals surface area (Å²) < 4.78 is 0. The lowest BCUT2D eigenvalue weighted by Gasteiger charge is -2.20. The fourth-order valence-corrected chi connectivity index (χ4v) is 4.37. The minimum atomic E-state index is -0.474. The average Bonchev–Trinajstić information content (AvgIpc) is 3.33. The minimum Gasteiger partial charge on any atom is -0.392 e. The molecule has 3 atom stereocenters. The molecule has 6 N–H and O–H groups in total. The van der Waals surface area contributed by atoms with E-state index in [2.05, 4.69) is 31.2 Å². The van der Waals surface area contributed by atoms with Crippen molar-refractivity contribution in [3.63, 3.8) is 0 Å². The van der Waals surface area contributed by atoms with E-state index in [1.165, 1.54) is 6.21 Å². The highest BCUT2D eigenvalue weighted by Crippen LogP contribution is 2.39. The van der Waals surface area contributed by atoms with E-state index in [-0.39, 0.29) is 6.03 Å². The Kier molecular flexibility index (Phi) is 6.55. The van der Waals surface area contributed by atoms with Gasteiger partial charge in [-0.2, -0.15) is 4.98 Å². The number of fused-ring (bicyclic) bond motifs is 1. The maximum absolute atomic E-state index is 12.3. The predicted molar refractivity (Wildman–Crippen MR) is 119 cm³/mol. The van der Waals surface area contributed by atoms with E-state index in [0.29, 0.717) is 42.1 Å². The SMILES string of the molecule is CC(O)CN/C=C(\C=N)Nc1nccc(NC2CC3CN(C(=O)NC4CC4)CC3C2)n1. The van der Waals surface area contributed by atoms with E-state index in [1.807, 2.05) is 11.0 Å². The second-order valence-corrected chi connectivity index (χ2v) is 8.85. The van der Waals surface area contributed by atoms with E-state index >= 15 is 0 Å². The molecule has 10 nitrogen and oxygen atoms in total. The average molecular weight is 429 g/mol. The van der Waals surface area contributed by atoms with Gasteiger partial charge < -0.3 is 36.7 Å². The minimum absolute atomic E-state index is 0.103. The highest BCUT2D eigenvalue weighted by atomic mass is 16.3. The molecular weight excluding hydrogens is 396 g/mol. The zero-order chi connectivity index (χ0) is 21.8. The van der Waals surface area contributed by atoms with Gasteiger partial charge in [0, 0.05) is 50.3 Å². The van der Waals surface area contributed by atoms with E-state index < -0.39 is 6.10 Å². The predicted octanol–water partition coefficient (Wildman–Crippen LogP) is 1.34. The molecule has 0 radical (unpaired) electrons. The van der Waals surface area contributed by atoms with Crippen LogP contribution in [0.5, 0.6) is 0 Å². The number of rotatable bonds is 9. The van der Waals surface area contributed by atoms with E-state index in [9.17, 15) is 9.90 Å². The molecule has 3 unspecified atom stereocenters. The summed E-state index contributed by atoms with van der Waals surface area (Å²) >= 11 is 0. The van der Waals surface area contributed by atoms with Crippen LogP contribution in [0.15, 0.2) is 24.2 Å². The molecule has 2 amide bonds. The molecule has 0 bridgehead atoms. The van der Waals surface area contributed by atoms with Gasteiger partial charge in [-0.1, -0.05) is 0 Å². The Morgan fingerprint density at radius 2 is 2.06 bits per heavy atom. The van der Waals surface area contributed by atoms with Crippen LogP contribution in [-0.4, -0.2) is 70.0 Å². The molecule has 4 rings (SSSR count). The van der Waals surface area contributed by atoms with Crippen molar-refractivity contribution in [3.05, 3.63) is 24.2 Å². The molecule has 168 valence electrons. The van der Waals surface area contributed by atoms with Crippen molar-refractivity contribution in [2.45, 2.75) is 50.8 Å². The largest absolute Gasteiger partial charge is 0.392 e. The summed E-state index contributed by atoms with van der Waals surface area (Å²) in [7, 11) is 0. The Morgan fingerprint density at radius 1 is 1.32 bits per heavy atom. The lowest BCUT2D eigenvalue weighted by molar-refractivity contribution is 0.196. The van der Waals surface area contributed by atoms with Gasteiger partial charge in [0.25, 0.3) is 0 Å². The summed E-state index contributed by atoms with van der Waals surface area (Å²) in [5.74, 6) is 2.22. The van der Waals surface area contributed by atoms with Gasteiger partial charge in [-0.05, 0) is 50.5 Å². The first kappa shape index (κ1) is 21.4. The van der Waals surface area contributed by atoms with Gasteiger partial charge in [0.1, 0.15) is 5.82 Å². The van der Waals surface area contributed by atoms with Crippen LogP contribution >= 0.6 is 0 Å². The standard InChI is InChI=1S/C21H32N8O2/c1-13(30)9-23-10-18(8-22)26-20-24-5-4-19(28-20)25-17-6-14-11-29(12-15(14)7-17)21(31)27-16-2-3-16/h4-5,8,10,13-17,22-23,30H,2-3,6-7,9,11-12H2,1H3,(H,27,31)(H2,24,25,26,28)/b18-10+,22-8?. The fraction of sp³-hybridized carbons (Fsp3) is 0.619. The maximum Gasteiger partial charge on any atom is 0.317 e. The molecule has 1 aliphatic heterocycles. The van der Waals surface area contributed by atoms with Crippen LogP contribution in [0.1, 0.15) is 32.6 Å². The van der Waals surface area contributed by atoms with Crippen LogP contribution in [0.4, 0.5) is 16.6 Å². The number of carbonyl (C=O) groups excluding carboxylic acids is 1. The number of anilines is 2. The summed E-state index contributed by atoms with van der Waals surface area (Å²) in [6.45, 7) is 3.76. The second kappa shape index (κ2) is 9.51. The zero-order valence-corrected chi connectivity index (χ0v) is 17.8. The van der Waals surface area contributed by atoms with Crippen molar-refractivity contribution in [2.24, 2.45) is 11.8 Å². The number of hydrogen-bond donors (Lipinski definition) is 6. The molecule has 2 saturated carbocycles. The third-order valence-electron chi connectivity index (χ3n) is 6.03. The number of allylic oxidation sites excluding steroid dienone is 1. The molecule has 2 aliphatic carbocycles. The Labute approximate surface area is 182 Å². The third kappa shape index (κ3) is 5.84. The number of urea groups is 1. The van der Waals surface area contributed by atoms with Crippen molar-refractivity contribution >= 4 is 24.0 Å². The van der Waals surface area contributed by atoms with Crippen molar-refractivity contribution in [1.29, 1.82) is 5.41 Å². The molecule has 0 spiro atoms. The summed E-state index contributed by atoms with van der Waals surface area (Å²) in [6.07, 6.45) is 8.28. The topological polar surface area (TPSA) is 138 Å². The molecule has 10 heteroatoms. The number of aliphatic hydroxyl groups is 1. The third-order valence-corrected chi connectivity index (χ3v) is 6.03. The summed E-state index contributed by atoms with van der Waals surface area (Å²) in [5.41, 5.74) is 0.498. The van der Waals surface area contributed by atoms with Crippen LogP contribution in [0.2, 0.25) is 0 Å². The van der Waals surface area contributed by atoms with Crippen LogP contribution in [0.25, 0.3) is 0 Å². The van der Waals surface area contributed by atoms with Crippen LogP contribution in [-0.2, 0) is 0 Å². The normalized spacial score (nSPS) is 26.2. The number of hydrogen-bond acceptors (Lipinski definition) is 8. The Balaban J connectivity index is 1.27. The first-order chi connectivity index (χ1) is 15.0. The number of carbonyl (C=O) groups is 1. The molecular formula is C21H32N8O2. The van der Waals surface area contributed by atoms with Gasteiger partial charge in [0.2, 0.25) is 5.95 Å². The molecule has 3 aliphatic rings. The molecule has 1 aromatic rings. The van der Waals surface area contributed by atoms with Gasteiger partial charge in [0.15, 0.2) is 0 Å². The lowest BCUT2D eigenvalue weighted by atomic mass is 10.0. The maximum atomic E-state index is 12.3. The fourth-order valence-electron chi connectivity index (χ4n) is 4.37. The monoisotopic (exact) mass is 428 g/mol. The van der Waals surface area contributed by atoms with E-state index in [1.54, 1.807) is 19.3 Å². The number of amides is 2. The lowest BCUT2D eigenvalue weighted by Crippen LogP contribution is -2.40. The second-order valence-electron chi connectivity index (χ2n) is 8.85. The summed E-state index contributed by atoms with van der Waals surface area (Å²) in [4.78, 5) is 23.0. The molecule has 2 heterocycles. The number of aromatic nitrogens is 2. The Bertz CT molecular complexity index is 811. The molecule has 0 aromatic carbocycles. The summed E-state index contributed by atoms with van der Waals surface area (Å²) in [5, 5.41) is 29.4. The zero-order valence-electron chi connectivity index (χ0n) is 17.8. The van der Waals surface area contributed by atoms with Crippen molar-refractivity contribution in [3.8, 4) is 0 Å². The first-order valence-electron chi connectivity index (χ1n) is 11.0. The molecule has 3 fully saturated rings. The highest BCUT2D eigenvalue weighted by Gasteiger charge is 2.43. The van der Waals surface area contributed by atoms with Crippen LogP contribution < -0.4 is 21.3 Å². The Morgan fingerprint density at radius 3 is 2.71 bits per heavy atom. The number of nitrogens with zero attached hydrogens (tertiary/aromatic N) is 3. The van der Waals surface area contributed by atoms with Crippen molar-refractivity contribution < 1.29 is 9.90 Å². The van der Waals surface area contributed by atoms with Crippen LogP contribution in [0, 0.1) is 17.2 Å². The Hall–Kier alpha value is -2.88.